The summed E-state index contributed by atoms with van der Waals surface area (Å²) in [7, 11) is 4.20. The molecule has 0 N–H and O–H groups in total. The summed E-state index contributed by atoms with van der Waals surface area (Å²) in [4.78, 5) is 2.22. The maximum Gasteiger partial charge on any atom is 0.0436 e. The molecule has 0 fully saturated rings. The molecular weight excluding hydrogens is 214 g/mol. The number of hydrogen-bond donors (Lipinski definition) is 1. The molecule has 0 saturated heterocycles. The first-order valence-electron chi connectivity index (χ1n) is 5.49. The van der Waals surface area contributed by atoms with Crippen LogP contribution in [0.3, 0.4) is 0 Å². The van der Waals surface area contributed by atoms with Gasteiger partial charge in [-0.15, -0.1) is 0 Å². The average Bonchev–Trinajstić information content (AvgIpc) is 2.30. The minimum Gasteiger partial charge on any atom is -0.302 e. The van der Waals surface area contributed by atoms with E-state index in [1.165, 1.54) is 16.3 Å². The minimum absolute atomic E-state index is 0.370. The van der Waals surface area contributed by atoms with Crippen molar-refractivity contribution in [2.45, 2.75) is 6.04 Å². The Bertz CT molecular complexity index is 474. The van der Waals surface area contributed by atoms with Crippen molar-refractivity contribution in [2.75, 3.05) is 19.8 Å². The summed E-state index contributed by atoms with van der Waals surface area (Å²) in [6.45, 7) is 0. The van der Waals surface area contributed by atoms with Crippen molar-refractivity contribution in [3.05, 3.63) is 48.0 Å². The lowest BCUT2D eigenvalue weighted by Gasteiger charge is -2.24. The summed E-state index contributed by atoms with van der Waals surface area (Å²) in [5, 5.41) is 2.63. The molecular formula is C14H17NS. The van der Waals surface area contributed by atoms with E-state index in [2.05, 4.69) is 74.1 Å². The molecule has 1 unspecified atom stereocenters. The predicted octanol–water partition coefficient (Wildman–Crippen LogP) is 3.37. The van der Waals surface area contributed by atoms with Gasteiger partial charge in [0.25, 0.3) is 0 Å². The topological polar surface area (TPSA) is 3.24 Å². The van der Waals surface area contributed by atoms with Gasteiger partial charge in [0.15, 0.2) is 0 Å². The Labute approximate surface area is 102 Å². The molecule has 0 spiro atoms. The lowest BCUT2D eigenvalue weighted by atomic mass is 9.99. The van der Waals surface area contributed by atoms with E-state index in [1.807, 2.05) is 0 Å². The van der Waals surface area contributed by atoms with Crippen LogP contribution in [0, 0.1) is 0 Å². The Morgan fingerprint density at radius 1 is 1.06 bits per heavy atom. The number of nitrogens with zero attached hydrogens (tertiary/aromatic N) is 1. The van der Waals surface area contributed by atoms with Gasteiger partial charge in [0.05, 0.1) is 0 Å². The average molecular weight is 231 g/mol. The highest BCUT2D eigenvalue weighted by Crippen LogP contribution is 2.27. The van der Waals surface area contributed by atoms with Crippen LogP contribution in [0.1, 0.15) is 11.6 Å². The van der Waals surface area contributed by atoms with Gasteiger partial charge in [0.2, 0.25) is 0 Å². The van der Waals surface area contributed by atoms with Crippen LogP contribution in [0.25, 0.3) is 10.8 Å². The highest BCUT2D eigenvalue weighted by Gasteiger charge is 2.14. The smallest absolute Gasteiger partial charge is 0.0436 e. The molecule has 0 radical (unpaired) electrons. The normalized spacial score (nSPS) is 13.2. The summed E-state index contributed by atoms with van der Waals surface area (Å²) >= 11 is 4.45. The van der Waals surface area contributed by atoms with Gasteiger partial charge in [-0.1, -0.05) is 42.5 Å². The summed E-state index contributed by atoms with van der Waals surface area (Å²) in [6.07, 6.45) is 0. The number of benzene rings is 2. The maximum atomic E-state index is 4.45. The molecule has 2 aromatic rings. The Balaban J connectivity index is 2.59. The molecule has 0 aliphatic heterocycles. The molecule has 0 aliphatic rings. The van der Waals surface area contributed by atoms with Gasteiger partial charge in [-0.05, 0) is 30.4 Å². The van der Waals surface area contributed by atoms with Gasteiger partial charge in [0, 0.05) is 11.8 Å². The zero-order chi connectivity index (χ0) is 11.5. The Kier molecular flexibility index (Phi) is 3.52. The standard InChI is InChI=1S/C14H17NS/c1-15(2)14(10-16)13-9-5-7-11-6-3-4-8-12(11)13/h3-9,14,16H,10H2,1-2H3. The second-order valence-electron chi connectivity index (χ2n) is 4.23. The molecule has 16 heavy (non-hydrogen) atoms. The largest absolute Gasteiger partial charge is 0.302 e. The Hall–Kier alpha value is -0.990. The van der Waals surface area contributed by atoms with Crippen LogP contribution >= 0.6 is 12.6 Å². The molecule has 2 aromatic carbocycles. The first-order valence-corrected chi connectivity index (χ1v) is 6.12. The van der Waals surface area contributed by atoms with Gasteiger partial charge in [-0.25, -0.2) is 0 Å². The second-order valence-corrected chi connectivity index (χ2v) is 4.60. The van der Waals surface area contributed by atoms with E-state index in [-0.39, 0.29) is 0 Å². The molecule has 0 saturated carbocycles. The third-order valence-electron chi connectivity index (χ3n) is 2.98. The summed E-state index contributed by atoms with van der Waals surface area (Å²) in [5.74, 6) is 0.834. The van der Waals surface area contributed by atoms with Crippen LogP contribution < -0.4 is 0 Å². The molecule has 2 rings (SSSR count). The van der Waals surface area contributed by atoms with Crippen LogP contribution in [0.5, 0.6) is 0 Å². The van der Waals surface area contributed by atoms with E-state index < -0.39 is 0 Å². The van der Waals surface area contributed by atoms with Crippen LogP contribution in [-0.4, -0.2) is 24.7 Å². The fourth-order valence-electron chi connectivity index (χ4n) is 2.08. The third-order valence-corrected chi connectivity index (χ3v) is 3.32. The lowest BCUT2D eigenvalue weighted by Crippen LogP contribution is -2.21. The first kappa shape index (κ1) is 11.5. The van der Waals surface area contributed by atoms with Crippen molar-refractivity contribution in [3.8, 4) is 0 Å². The van der Waals surface area contributed by atoms with E-state index in [0.29, 0.717) is 6.04 Å². The summed E-state index contributed by atoms with van der Waals surface area (Å²) in [6, 6.07) is 15.4. The molecule has 84 valence electrons. The van der Waals surface area contributed by atoms with Crippen molar-refractivity contribution in [2.24, 2.45) is 0 Å². The Morgan fingerprint density at radius 3 is 2.44 bits per heavy atom. The van der Waals surface area contributed by atoms with Gasteiger partial charge in [0.1, 0.15) is 0 Å². The molecule has 0 heterocycles. The monoisotopic (exact) mass is 231 g/mol. The molecule has 2 heteroatoms. The quantitative estimate of drug-likeness (QED) is 0.793. The van der Waals surface area contributed by atoms with Crippen molar-refractivity contribution in [3.63, 3.8) is 0 Å². The highest BCUT2D eigenvalue weighted by atomic mass is 32.1. The van der Waals surface area contributed by atoms with Gasteiger partial charge in [-0.2, -0.15) is 12.6 Å². The van der Waals surface area contributed by atoms with Crippen molar-refractivity contribution in [1.82, 2.24) is 4.90 Å². The molecule has 1 nitrogen and oxygen atoms in total. The van der Waals surface area contributed by atoms with Crippen LogP contribution in [0.15, 0.2) is 42.5 Å². The van der Waals surface area contributed by atoms with E-state index in [0.717, 1.165) is 5.75 Å². The number of thiol groups is 1. The van der Waals surface area contributed by atoms with E-state index in [4.69, 9.17) is 0 Å². The fourth-order valence-corrected chi connectivity index (χ4v) is 2.60. The highest BCUT2D eigenvalue weighted by molar-refractivity contribution is 7.80. The van der Waals surface area contributed by atoms with Crippen LogP contribution in [-0.2, 0) is 0 Å². The maximum absolute atomic E-state index is 4.45. The minimum atomic E-state index is 0.370. The Morgan fingerprint density at radius 2 is 1.75 bits per heavy atom. The SMILES string of the molecule is CN(C)C(CS)c1cccc2ccccc12. The number of hydrogen-bond acceptors (Lipinski definition) is 2. The molecule has 0 amide bonds. The summed E-state index contributed by atoms with van der Waals surface area (Å²) < 4.78 is 0. The van der Waals surface area contributed by atoms with Gasteiger partial charge in [-0.3, -0.25) is 0 Å². The first-order chi connectivity index (χ1) is 7.74. The van der Waals surface area contributed by atoms with Crippen molar-refractivity contribution in [1.29, 1.82) is 0 Å². The van der Waals surface area contributed by atoms with E-state index in [1.54, 1.807) is 0 Å². The van der Waals surface area contributed by atoms with E-state index >= 15 is 0 Å². The second kappa shape index (κ2) is 4.89. The third kappa shape index (κ3) is 2.08. The van der Waals surface area contributed by atoms with Gasteiger partial charge < -0.3 is 4.90 Å². The molecule has 0 bridgehead atoms. The van der Waals surface area contributed by atoms with Crippen molar-refractivity contribution < 1.29 is 0 Å². The van der Waals surface area contributed by atoms with Crippen LogP contribution in [0.2, 0.25) is 0 Å². The zero-order valence-electron chi connectivity index (χ0n) is 9.72. The molecule has 1 atom stereocenters. The predicted molar refractivity (Wildman–Crippen MR) is 74.2 cm³/mol. The van der Waals surface area contributed by atoms with Crippen molar-refractivity contribution >= 4 is 23.4 Å². The number of rotatable bonds is 3. The van der Waals surface area contributed by atoms with Crippen LogP contribution in [0.4, 0.5) is 0 Å². The fraction of sp³-hybridized carbons (Fsp3) is 0.286. The van der Waals surface area contributed by atoms with Gasteiger partial charge >= 0.3 is 0 Å². The number of fused-ring (bicyclic) bond motifs is 1. The molecule has 0 aliphatic carbocycles. The molecule has 0 aromatic heterocycles. The summed E-state index contributed by atoms with van der Waals surface area (Å²) in [5.41, 5.74) is 1.36. The zero-order valence-corrected chi connectivity index (χ0v) is 10.6. The van der Waals surface area contributed by atoms with E-state index in [9.17, 15) is 0 Å². The lowest BCUT2D eigenvalue weighted by molar-refractivity contribution is 0.328.